The summed E-state index contributed by atoms with van der Waals surface area (Å²) in [7, 11) is 0. The number of rotatable bonds is 53. The molecule has 0 amide bonds. The van der Waals surface area contributed by atoms with Crippen LogP contribution in [0.25, 0.3) is 0 Å². The van der Waals surface area contributed by atoms with E-state index in [0.29, 0.717) is 19.4 Å². The van der Waals surface area contributed by atoms with Crippen molar-refractivity contribution in [2.45, 2.75) is 284 Å². The fourth-order valence-corrected chi connectivity index (χ4v) is 8.16. The Balaban J connectivity index is 4.30. The van der Waals surface area contributed by atoms with Gasteiger partial charge in [-0.25, -0.2) is 0 Å². The maximum atomic E-state index is 12.9. The first-order valence-corrected chi connectivity index (χ1v) is 29.1. The van der Waals surface area contributed by atoms with E-state index in [1.807, 2.05) is 0 Å². The van der Waals surface area contributed by atoms with Gasteiger partial charge in [0.2, 0.25) is 0 Å². The van der Waals surface area contributed by atoms with Crippen molar-refractivity contribution in [1.29, 1.82) is 0 Å². The molecule has 0 aliphatic heterocycles. The molecule has 0 saturated carbocycles. The predicted octanol–water partition coefficient (Wildman–Crippen LogP) is 20.0. The lowest BCUT2D eigenvalue weighted by Crippen LogP contribution is -2.30. The second-order valence-corrected chi connectivity index (χ2v) is 19.1. The second kappa shape index (κ2) is 58.4. The average molecular weight is 948 g/mol. The van der Waals surface area contributed by atoms with Crippen molar-refractivity contribution >= 4 is 11.9 Å². The van der Waals surface area contributed by atoms with Crippen LogP contribution in [0.4, 0.5) is 0 Å². The van der Waals surface area contributed by atoms with E-state index in [-0.39, 0.29) is 25.2 Å². The molecule has 0 rings (SSSR count). The van der Waals surface area contributed by atoms with Crippen molar-refractivity contribution in [3.8, 4) is 0 Å². The van der Waals surface area contributed by atoms with Crippen LogP contribution >= 0.6 is 0 Å². The van der Waals surface area contributed by atoms with E-state index in [1.165, 1.54) is 141 Å². The standard InChI is InChI=1S/C63H110O5/c1-4-7-10-13-16-19-22-25-28-30-32-33-36-38-41-44-47-50-53-56-62(64)67-60-61(68-63(65)57-54-51-48-45-42-39-35-27-24-21-18-15-12-9-6-3)59-66-58-55-52-49-46-43-40-37-34-31-29-26-23-20-17-14-11-8-5-2/h8-9,11-12,17-18,20-21,26-27,29,34-35,37,61H,4-7,10,13-16,19,22-25,28,30-33,36,38-60H2,1-3H3/b11-8-,12-9-,20-17-,21-18-,29-26-,35-27-,37-34-. The van der Waals surface area contributed by atoms with Gasteiger partial charge in [0.05, 0.1) is 6.61 Å². The molecule has 5 nitrogen and oxygen atoms in total. The summed E-state index contributed by atoms with van der Waals surface area (Å²) in [6, 6.07) is 0. The molecular weight excluding hydrogens is 837 g/mol. The topological polar surface area (TPSA) is 61.8 Å². The Kier molecular flexibility index (Phi) is 55.9. The quantitative estimate of drug-likeness (QED) is 0.0345. The van der Waals surface area contributed by atoms with Crippen LogP contribution in [0.3, 0.4) is 0 Å². The van der Waals surface area contributed by atoms with E-state index in [9.17, 15) is 9.59 Å². The molecule has 1 atom stereocenters. The highest BCUT2D eigenvalue weighted by Gasteiger charge is 2.17. The summed E-state index contributed by atoms with van der Waals surface area (Å²) in [6.45, 7) is 7.58. The Morgan fingerprint density at radius 1 is 0.338 bits per heavy atom. The summed E-state index contributed by atoms with van der Waals surface area (Å²) in [6.07, 6.45) is 77.5. The van der Waals surface area contributed by atoms with E-state index < -0.39 is 6.10 Å². The maximum Gasteiger partial charge on any atom is 0.306 e. The molecule has 0 saturated heterocycles. The molecular formula is C63H110O5. The Morgan fingerprint density at radius 2 is 0.662 bits per heavy atom. The zero-order chi connectivity index (χ0) is 49.2. The predicted molar refractivity (Wildman–Crippen MR) is 297 cm³/mol. The zero-order valence-corrected chi connectivity index (χ0v) is 45.1. The van der Waals surface area contributed by atoms with Crippen LogP contribution in [0.15, 0.2) is 85.1 Å². The van der Waals surface area contributed by atoms with Gasteiger partial charge < -0.3 is 14.2 Å². The molecule has 0 aromatic rings. The SMILES string of the molecule is CC/C=C\C/C=C\C/C=C\C/C=C\CCCCCCCOCC(COC(=O)CCCCCCCCCCCCCCCCCCCCC)OC(=O)CCCCCCC/C=C\C/C=C\C/C=C\CC. The fourth-order valence-electron chi connectivity index (χ4n) is 8.16. The van der Waals surface area contributed by atoms with Gasteiger partial charge in [0, 0.05) is 19.4 Å². The first-order chi connectivity index (χ1) is 33.6. The highest BCUT2D eigenvalue weighted by molar-refractivity contribution is 5.70. The summed E-state index contributed by atoms with van der Waals surface area (Å²) >= 11 is 0. The molecule has 0 aliphatic carbocycles. The molecule has 0 spiro atoms. The number of ether oxygens (including phenoxy) is 3. The smallest absolute Gasteiger partial charge is 0.306 e. The van der Waals surface area contributed by atoms with Crippen LogP contribution in [0.1, 0.15) is 278 Å². The summed E-state index contributed by atoms with van der Waals surface area (Å²) in [4.78, 5) is 25.5. The number of carbonyl (C=O) groups is 2. The molecule has 392 valence electrons. The number of esters is 2. The number of hydrogen-bond donors (Lipinski definition) is 0. The van der Waals surface area contributed by atoms with Crippen molar-refractivity contribution in [3.05, 3.63) is 85.1 Å². The van der Waals surface area contributed by atoms with Crippen molar-refractivity contribution in [2.24, 2.45) is 0 Å². The minimum atomic E-state index is -0.558. The van der Waals surface area contributed by atoms with Crippen molar-refractivity contribution < 1.29 is 23.8 Å². The number of hydrogen-bond acceptors (Lipinski definition) is 5. The van der Waals surface area contributed by atoms with E-state index in [1.54, 1.807) is 0 Å². The van der Waals surface area contributed by atoms with Crippen LogP contribution in [0.5, 0.6) is 0 Å². The molecule has 0 aromatic heterocycles. The van der Waals surface area contributed by atoms with Crippen molar-refractivity contribution in [2.75, 3.05) is 19.8 Å². The lowest BCUT2D eigenvalue weighted by atomic mass is 10.0. The van der Waals surface area contributed by atoms with Gasteiger partial charge in [-0.15, -0.1) is 0 Å². The van der Waals surface area contributed by atoms with Gasteiger partial charge in [-0.2, -0.15) is 0 Å². The second-order valence-electron chi connectivity index (χ2n) is 19.1. The molecule has 0 fully saturated rings. The first-order valence-electron chi connectivity index (χ1n) is 29.1. The van der Waals surface area contributed by atoms with Gasteiger partial charge in [-0.1, -0.05) is 260 Å². The normalized spacial score (nSPS) is 12.8. The lowest BCUT2D eigenvalue weighted by molar-refractivity contribution is -0.163. The Hall–Kier alpha value is -2.92. The Morgan fingerprint density at radius 3 is 1.06 bits per heavy atom. The van der Waals surface area contributed by atoms with E-state index in [4.69, 9.17) is 14.2 Å². The monoisotopic (exact) mass is 947 g/mol. The highest BCUT2D eigenvalue weighted by Crippen LogP contribution is 2.16. The molecule has 68 heavy (non-hydrogen) atoms. The number of carbonyl (C=O) groups excluding carboxylic acids is 2. The van der Waals surface area contributed by atoms with E-state index >= 15 is 0 Å². The average Bonchev–Trinajstić information content (AvgIpc) is 3.34. The molecule has 0 N–H and O–H groups in total. The molecule has 0 aliphatic rings. The molecule has 1 unspecified atom stereocenters. The lowest BCUT2D eigenvalue weighted by Gasteiger charge is -2.18. The largest absolute Gasteiger partial charge is 0.462 e. The van der Waals surface area contributed by atoms with Crippen molar-refractivity contribution in [1.82, 2.24) is 0 Å². The van der Waals surface area contributed by atoms with Gasteiger partial charge >= 0.3 is 11.9 Å². The molecule has 0 radical (unpaired) electrons. The van der Waals surface area contributed by atoms with Gasteiger partial charge in [0.15, 0.2) is 6.10 Å². The van der Waals surface area contributed by atoms with Gasteiger partial charge in [0.25, 0.3) is 0 Å². The van der Waals surface area contributed by atoms with Crippen LogP contribution < -0.4 is 0 Å². The van der Waals surface area contributed by atoms with Crippen LogP contribution in [-0.4, -0.2) is 37.9 Å². The van der Waals surface area contributed by atoms with Crippen LogP contribution in [-0.2, 0) is 23.8 Å². The molecule has 5 heteroatoms. The van der Waals surface area contributed by atoms with Crippen LogP contribution in [0.2, 0.25) is 0 Å². The van der Waals surface area contributed by atoms with Gasteiger partial charge in [-0.05, 0) is 89.9 Å². The summed E-state index contributed by atoms with van der Waals surface area (Å²) in [5.74, 6) is -0.419. The van der Waals surface area contributed by atoms with E-state index in [2.05, 4.69) is 106 Å². The van der Waals surface area contributed by atoms with E-state index in [0.717, 1.165) is 103 Å². The zero-order valence-electron chi connectivity index (χ0n) is 45.1. The maximum absolute atomic E-state index is 12.9. The highest BCUT2D eigenvalue weighted by atomic mass is 16.6. The first kappa shape index (κ1) is 65.1. The third-order valence-electron chi connectivity index (χ3n) is 12.4. The fraction of sp³-hybridized carbons (Fsp3) is 0.746. The van der Waals surface area contributed by atoms with Gasteiger partial charge in [0.1, 0.15) is 6.61 Å². The molecule has 0 bridgehead atoms. The summed E-state index contributed by atoms with van der Waals surface area (Å²) in [5.41, 5.74) is 0. The Labute approximate surface area is 422 Å². The van der Waals surface area contributed by atoms with Crippen molar-refractivity contribution in [3.63, 3.8) is 0 Å². The summed E-state index contributed by atoms with van der Waals surface area (Å²) < 4.78 is 17.5. The molecule has 0 aromatic carbocycles. The van der Waals surface area contributed by atoms with Gasteiger partial charge in [-0.3, -0.25) is 9.59 Å². The number of allylic oxidation sites excluding steroid dienone is 14. The minimum absolute atomic E-state index is 0.0697. The minimum Gasteiger partial charge on any atom is -0.462 e. The third-order valence-corrected chi connectivity index (χ3v) is 12.4. The molecule has 0 heterocycles. The summed E-state index contributed by atoms with van der Waals surface area (Å²) in [5, 5.41) is 0. The Bertz CT molecular complexity index is 1250. The third kappa shape index (κ3) is 55.7. The number of unbranched alkanes of at least 4 members (excludes halogenated alkanes) is 28. The van der Waals surface area contributed by atoms with Crippen LogP contribution in [0, 0.1) is 0 Å².